The Morgan fingerprint density at radius 1 is 0.750 bits per heavy atom. The van der Waals surface area contributed by atoms with E-state index in [0.29, 0.717) is 11.5 Å². The molecular formula is C11HCl2F15. The molecule has 0 aliphatic rings. The number of hydrogen-bond acceptors (Lipinski definition) is 0. The molecule has 0 saturated heterocycles. The van der Waals surface area contributed by atoms with Crippen molar-refractivity contribution in [2.24, 2.45) is 0 Å². The highest BCUT2D eigenvalue weighted by Gasteiger charge is 2.90. The normalized spacial score (nSPS) is 19.0. The van der Waals surface area contributed by atoms with Gasteiger partial charge in [-0.1, -0.05) is 23.2 Å². The maximum atomic E-state index is 14.0. The third-order valence-corrected chi connectivity index (χ3v) is 3.65. The molecule has 0 aromatic rings. The molecule has 0 N–H and O–H groups in total. The first-order valence-corrected chi connectivity index (χ1v) is 6.58. The summed E-state index contributed by atoms with van der Waals surface area (Å²) in [6.07, 6.45) is -24.0. The lowest BCUT2D eigenvalue weighted by Gasteiger charge is -2.44. The Labute approximate surface area is 153 Å². The molecule has 0 radical (unpaired) electrons. The predicted octanol–water partition coefficient (Wildman–Crippen LogP) is 6.99. The standard InChI is InChI=1S/C11HCl2F15/c12-3(1-2-4(14)15)6(17,18)10(13,25)9(24,11(26,27)28)7(19,20)5(16)8(21,22)23/h5H. The molecule has 164 valence electrons. The smallest absolute Gasteiger partial charge is 0.231 e. The van der Waals surface area contributed by atoms with Gasteiger partial charge in [0.15, 0.2) is 0 Å². The molecule has 0 spiro atoms. The van der Waals surface area contributed by atoms with Crippen molar-refractivity contribution in [1.29, 1.82) is 0 Å². The highest BCUT2D eigenvalue weighted by molar-refractivity contribution is 6.32. The van der Waals surface area contributed by atoms with Gasteiger partial charge in [0.2, 0.25) is 0 Å². The van der Waals surface area contributed by atoms with Crippen molar-refractivity contribution < 1.29 is 65.9 Å². The van der Waals surface area contributed by atoms with Crippen LogP contribution in [0.4, 0.5) is 65.9 Å². The van der Waals surface area contributed by atoms with Gasteiger partial charge in [0.25, 0.3) is 6.17 Å². The van der Waals surface area contributed by atoms with E-state index in [1.54, 1.807) is 0 Å². The molecule has 0 rings (SSSR count). The van der Waals surface area contributed by atoms with E-state index in [9.17, 15) is 65.9 Å². The van der Waals surface area contributed by atoms with E-state index in [1.807, 2.05) is 0 Å². The first-order valence-electron chi connectivity index (χ1n) is 5.82. The van der Waals surface area contributed by atoms with Crippen LogP contribution in [0, 0.1) is 0 Å². The van der Waals surface area contributed by atoms with Gasteiger partial charge in [0, 0.05) is 5.73 Å². The minimum atomic E-state index is -7.78. The van der Waals surface area contributed by atoms with Crippen molar-refractivity contribution in [1.82, 2.24) is 0 Å². The first kappa shape index (κ1) is 26.8. The van der Waals surface area contributed by atoms with Gasteiger partial charge >= 0.3 is 41.1 Å². The Kier molecular flexibility index (Phi) is 7.27. The molecule has 0 aromatic heterocycles. The van der Waals surface area contributed by atoms with Crippen molar-refractivity contribution in [3.63, 3.8) is 0 Å². The fraction of sp³-hybridized carbons (Fsp3) is 0.636. The Bertz CT molecular complexity index is 686. The Hall–Kier alpha value is -1.17. The Balaban J connectivity index is 7.08. The van der Waals surface area contributed by atoms with Crippen LogP contribution in [0.25, 0.3) is 0 Å². The molecule has 0 bridgehead atoms. The molecule has 0 amide bonds. The number of alkyl halides is 14. The molecule has 0 aliphatic carbocycles. The first-order chi connectivity index (χ1) is 12.0. The SMILES string of the molecule is FC(F)=C=C=C(Cl)C(F)(F)C(F)(Cl)C(F)(C(F)(F)F)C(F)(F)C(F)C(F)(F)F. The van der Waals surface area contributed by atoms with Gasteiger partial charge in [-0.05, 0) is 5.73 Å². The van der Waals surface area contributed by atoms with Crippen molar-refractivity contribution in [3.05, 3.63) is 22.6 Å². The van der Waals surface area contributed by atoms with Crippen LogP contribution in [-0.2, 0) is 0 Å². The number of hydrogen-bond donors (Lipinski definition) is 0. The van der Waals surface area contributed by atoms with E-state index in [4.69, 9.17) is 0 Å². The summed E-state index contributed by atoms with van der Waals surface area (Å²) in [7, 11) is 0. The lowest BCUT2D eigenvalue weighted by atomic mass is 9.84. The molecule has 17 heteroatoms. The summed E-state index contributed by atoms with van der Waals surface area (Å²) >= 11 is 8.32. The predicted molar refractivity (Wildman–Crippen MR) is 62.6 cm³/mol. The third-order valence-electron chi connectivity index (χ3n) is 2.83. The summed E-state index contributed by atoms with van der Waals surface area (Å²) in [6.45, 7) is 0. The summed E-state index contributed by atoms with van der Waals surface area (Å²) in [6, 6.07) is 0. The maximum absolute atomic E-state index is 14.0. The molecule has 0 saturated carbocycles. The molecule has 0 aromatic carbocycles. The molecule has 0 fully saturated rings. The summed E-state index contributed by atoms with van der Waals surface area (Å²) in [5, 5.41) is -10.0. The maximum Gasteiger partial charge on any atom is 0.433 e. The van der Waals surface area contributed by atoms with E-state index in [1.165, 1.54) is 0 Å². The highest BCUT2D eigenvalue weighted by atomic mass is 35.5. The third kappa shape index (κ3) is 4.22. The molecule has 0 nitrogen and oxygen atoms in total. The fourth-order valence-corrected chi connectivity index (χ4v) is 2.04. The van der Waals surface area contributed by atoms with Gasteiger partial charge in [0.05, 0.1) is 0 Å². The quantitative estimate of drug-likeness (QED) is 0.222. The molecule has 3 atom stereocenters. The van der Waals surface area contributed by atoms with Gasteiger partial charge in [-0.15, -0.1) is 0 Å². The average Bonchev–Trinajstić information content (AvgIpc) is 2.47. The van der Waals surface area contributed by atoms with Crippen molar-refractivity contribution in [2.45, 2.75) is 41.2 Å². The second-order valence-electron chi connectivity index (χ2n) is 4.66. The lowest BCUT2D eigenvalue weighted by Crippen LogP contribution is -2.74. The van der Waals surface area contributed by atoms with Crippen molar-refractivity contribution in [2.75, 3.05) is 0 Å². The summed E-state index contributed by atoms with van der Waals surface area (Å²) in [5.74, 6) is -14.2. The van der Waals surface area contributed by atoms with Crippen LogP contribution in [0.1, 0.15) is 0 Å². The molecule has 3 unspecified atom stereocenters. The average molecular weight is 489 g/mol. The van der Waals surface area contributed by atoms with Crippen molar-refractivity contribution in [3.8, 4) is 0 Å². The minimum absolute atomic E-state index is 0.313. The van der Waals surface area contributed by atoms with E-state index < -0.39 is 52.3 Å². The minimum Gasteiger partial charge on any atom is -0.231 e. The Morgan fingerprint density at radius 2 is 1.14 bits per heavy atom. The topological polar surface area (TPSA) is 0 Å². The van der Waals surface area contributed by atoms with E-state index in [-0.39, 0.29) is 0 Å². The second-order valence-corrected chi connectivity index (χ2v) is 5.56. The monoisotopic (exact) mass is 488 g/mol. The second kappa shape index (κ2) is 7.58. The highest BCUT2D eigenvalue weighted by Crippen LogP contribution is 2.63. The number of allylic oxidation sites excluding steroid dienone is 1. The molecule has 28 heavy (non-hydrogen) atoms. The molecular weight excluding hydrogens is 488 g/mol. The zero-order chi connectivity index (χ0) is 23.1. The lowest BCUT2D eigenvalue weighted by molar-refractivity contribution is -0.378. The van der Waals surface area contributed by atoms with E-state index >= 15 is 0 Å². The van der Waals surface area contributed by atoms with Crippen LogP contribution in [0.15, 0.2) is 22.6 Å². The van der Waals surface area contributed by atoms with Gasteiger partial charge in [0.1, 0.15) is 5.03 Å². The number of rotatable bonds is 5. The summed E-state index contributed by atoms with van der Waals surface area (Å²) in [4.78, 5) is 0. The number of halogens is 17. The molecule has 0 heterocycles. The van der Waals surface area contributed by atoms with Crippen LogP contribution in [0.5, 0.6) is 0 Å². The van der Waals surface area contributed by atoms with Gasteiger partial charge in [-0.3, -0.25) is 0 Å². The van der Waals surface area contributed by atoms with Gasteiger partial charge in [-0.25, -0.2) is 13.2 Å². The van der Waals surface area contributed by atoms with Crippen LogP contribution in [-0.4, -0.2) is 41.2 Å². The summed E-state index contributed by atoms with van der Waals surface area (Å²) < 4.78 is 192. The van der Waals surface area contributed by atoms with Gasteiger partial charge in [-0.2, -0.15) is 52.7 Å². The van der Waals surface area contributed by atoms with Crippen LogP contribution < -0.4 is 0 Å². The van der Waals surface area contributed by atoms with Crippen LogP contribution in [0.3, 0.4) is 0 Å². The van der Waals surface area contributed by atoms with Gasteiger partial charge < -0.3 is 0 Å². The van der Waals surface area contributed by atoms with E-state index in [2.05, 4.69) is 23.2 Å². The van der Waals surface area contributed by atoms with Crippen LogP contribution >= 0.6 is 23.2 Å². The van der Waals surface area contributed by atoms with Crippen molar-refractivity contribution >= 4 is 23.2 Å². The summed E-state index contributed by atoms with van der Waals surface area (Å²) in [5.41, 5.74) is -7.13. The largest absolute Gasteiger partial charge is 0.433 e. The molecule has 0 aliphatic heterocycles. The van der Waals surface area contributed by atoms with Crippen LogP contribution in [0.2, 0.25) is 0 Å². The zero-order valence-electron chi connectivity index (χ0n) is 12.0. The fourth-order valence-electron chi connectivity index (χ4n) is 1.49. The zero-order valence-corrected chi connectivity index (χ0v) is 13.5. The Morgan fingerprint density at radius 3 is 1.43 bits per heavy atom. The van der Waals surface area contributed by atoms with E-state index in [0.717, 1.165) is 0 Å².